The van der Waals surface area contributed by atoms with Gasteiger partial charge in [0.25, 0.3) is 0 Å². The highest BCUT2D eigenvalue weighted by Gasteiger charge is 2.24. The highest BCUT2D eigenvalue weighted by Crippen LogP contribution is 2.17. The lowest BCUT2D eigenvalue weighted by Crippen LogP contribution is -2.46. The Morgan fingerprint density at radius 1 is 0.509 bits per heavy atom. The van der Waals surface area contributed by atoms with Crippen LogP contribution in [0.2, 0.25) is 0 Å². The molecule has 0 aromatic heterocycles. The minimum Gasteiger partial charge on any atom is -0.462 e. The smallest absolute Gasteiger partial charge is 0.306 e. The van der Waals surface area contributed by atoms with Gasteiger partial charge >= 0.3 is 5.97 Å². The molecular weight excluding hydrogens is 683 g/mol. The molecule has 326 valence electrons. The van der Waals surface area contributed by atoms with E-state index in [9.17, 15) is 19.8 Å². The number of unbranched alkanes of at least 4 members (excludes halogenated alkanes) is 30. The summed E-state index contributed by atoms with van der Waals surface area (Å²) in [6.07, 6.45) is 47.0. The van der Waals surface area contributed by atoms with E-state index < -0.39 is 18.2 Å². The second-order valence-corrected chi connectivity index (χ2v) is 16.9. The van der Waals surface area contributed by atoms with Crippen molar-refractivity contribution < 1.29 is 24.5 Å². The van der Waals surface area contributed by atoms with E-state index >= 15 is 0 Å². The van der Waals surface area contributed by atoms with Gasteiger partial charge in [-0.3, -0.25) is 9.59 Å². The first kappa shape index (κ1) is 53.6. The van der Waals surface area contributed by atoms with Crippen LogP contribution < -0.4 is 5.32 Å². The molecule has 0 rings (SSSR count). The standard InChI is InChI=1S/C49H95NO5/c1-4-7-10-13-16-19-22-24-25-27-30-33-36-39-42-49(54)55-45(40-37-34-31-28-26-23-20-17-14-11-8-5-2)43-48(53)50-46(44-51)47(52)41-38-35-32-29-21-18-15-12-9-6-3/h28,31,45-47,51-52H,4-27,29-30,32-44H2,1-3H3,(H,50,53)/b31-28-. The molecule has 55 heavy (non-hydrogen) atoms. The summed E-state index contributed by atoms with van der Waals surface area (Å²) < 4.78 is 5.90. The molecule has 0 aliphatic carbocycles. The highest BCUT2D eigenvalue weighted by atomic mass is 16.5. The molecule has 0 spiro atoms. The fraction of sp³-hybridized carbons (Fsp3) is 0.918. The summed E-state index contributed by atoms with van der Waals surface area (Å²) in [5.41, 5.74) is 0. The Bertz CT molecular complexity index is 832. The first-order chi connectivity index (χ1) is 27.0. The molecule has 0 aliphatic rings. The molecule has 0 saturated carbocycles. The van der Waals surface area contributed by atoms with Crippen LogP contribution in [0.3, 0.4) is 0 Å². The van der Waals surface area contributed by atoms with Gasteiger partial charge in [-0.25, -0.2) is 0 Å². The number of carbonyl (C=O) groups excluding carboxylic acids is 2. The molecule has 0 saturated heterocycles. The van der Waals surface area contributed by atoms with Crippen LogP contribution in [0.4, 0.5) is 0 Å². The number of nitrogens with one attached hydrogen (secondary N) is 1. The first-order valence-corrected chi connectivity index (χ1v) is 24.4. The Kier molecular flexibility index (Phi) is 42.6. The lowest BCUT2D eigenvalue weighted by molar-refractivity contribution is -0.151. The van der Waals surface area contributed by atoms with Crippen molar-refractivity contribution in [2.24, 2.45) is 0 Å². The summed E-state index contributed by atoms with van der Waals surface area (Å²) in [4.78, 5) is 26.0. The molecular formula is C49H95NO5. The second kappa shape index (κ2) is 43.7. The van der Waals surface area contributed by atoms with Gasteiger partial charge in [0.15, 0.2) is 0 Å². The van der Waals surface area contributed by atoms with E-state index in [0.717, 1.165) is 57.8 Å². The van der Waals surface area contributed by atoms with E-state index in [4.69, 9.17) is 4.74 Å². The summed E-state index contributed by atoms with van der Waals surface area (Å²) >= 11 is 0. The van der Waals surface area contributed by atoms with Crippen LogP contribution in [0.1, 0.15) is 265 Å². The van der Waals surface area contributed by atoms with E-state index in [1.54, 1.807) is 0 Å². The minimum atomic E-state index is -0.786. The van der Waals surface area contributed by atoms with E-state index in [0.29, 0.717) is 19.3 Å². The van der Waals surface area contributed by atoms with Crippen LogP contribution in [0.5, 0.6) is 0 Å². The van der Waals surface area contributed by atoms with Gasteiger partial charge in [-0.2, -0.15) is 0 Å². The topological polar surface area (TPSA) is 95.9 Å². The number of ether oxygens (including phenoxy) is 1. The first-order valence-electron chi connectivity index (χ1n) is 24.4. The number of aliphatic hydroxyl groups is 2. The summed E-state index contributed by atoms with van der Waals surface area (Å²) in [6, 6.07) is -0.701. The van der Waals surface area contributed by atoms with Crippen molar-refractivity contribution in [1.82, 2.24) is 5.32 Å². The molecule has 3 N–H and O–H groups in total. The Morgan fingerprint density at radius 2 is 0.891 bits per heavy atom. The molecule has 1 amide bonds. The van der Waals surface area contributed by atoms with Crippen molar-refractivity contribution in [2.75, 3.05) is 6.61 Å². The van der Waals surface area contributed by atoms with E-state index in [-0.39, 0.29) is 24.9 Å². The number of allylic oxidation sites excluding steroid dienone is 2. The van der Waals surface area contributed by atoms with E-state index in [1.165, 1.54) is 161 Å². The monoisotopic (exact) mass is 778 g/mol. The summed E-state index contributed by atoms with van der Waals surface area (Å²) in [5, 5.41) is 23.6. The summed E-state index contributed by atoms with van der Waals surface area (Å²) in [7, 11) is 0. The van der Waals surface area contributed by atoms with Crippen LogP contribution >= 0.6 is 0 Å². The van der Waals surface area contributed by atoms with Crippen molar-refractivity contribution in [3.8, 4) is 0 Å². The van der Waals surface area contributed by atoms with E-state index in [1.807, 2.05) is 0 Å². The van der Waals surface area contributed by atoms with Crippen LogP contribution in [0.25, 0.3) is 0 Å². The van der Waals surface area contributed by atoms with Gasteiger partial charge in [0.05, 0.1) is 25.2 Å². The zero-order valence-electron chi connectivity index (χ0n) is 37.1. The van der Waals surface area contributed by atoms with Crippen molar-refractivity contribution in [2.45, 2.75) is 283 Å². The maximum absolute atomic E-state index is 13.1. The largest absolute Gasteiger partial charge is 0.462 e. The average Bonchev–Trinajstić information content (AvgIpc) is 3.18. The zero-order chi connectivity index (χ0) is 40.3. The van der Waals surface area contributed by atoms with Gasteiger partial charge in [0.2, 0.25) is 5.91 Å². The Balaban J connectivity index is 4.57. The summed E-state index contributed by atoms with van der Waals surface area (Å²) in [6.45, 7) is 6.47. The van der Waals surface area contributed by atoms with Gasteiger partial charge in [0, 0.05) is 6.42 Å². The Morgan fingerprint density at radius 3 is 1.33 bits per heavy atom. The molecule has 0 aliphatic heterocycles. The maximum atomic E-state index is 13.1. The molecule has 0 radical (unpaired) electrons. The minimum absolute atomic E-state index is 0.0632. The van der Waals surface area contributed by atoms with Crippen LogP contribution in [-0.2, 0) is 14.3 Å². The SMILES string of the molecule is CCCCCCCCC/C=C\CCCC(CC(=O)NC(CO)C(O)CCCCCCCCCCCC)OC(=O)CCCCCCCCCCCCCCCC. The molecule has 0 heterocycles. The quantitative estimate of drug-likeness (QED) is 0.0325. The normalized spacial score (nSPS) is 13.3. The predicted molar refractivity (Wildman–Crippen MR) is 237 cm³/mol. The molecule has 0 aromatic carbocycles. The number of esters is 1. The summed E-state index contributed by atoms with van der Waals surface area (Å²) in [5.74, 6) is -0.490. The van der Waals surface area contributed by atoms with E-state index in [2.05, 4.69) is 38.2 Å². The Labute approximate surface area is 342 Å². The van der Waals surface area contributed by atoms with Gasteiger partial charge in [-0.1, -0.05) is 219 Å². The number of rotatable bonds is 44. The van der Waals surface area contributed by atoms with Crippen LogP contribution in [-0.4, -0.2) is 46.9 Å². The third-order valence-corrected chi connectivity index (χ3v) is 11.3. The highest BCUT2D eigenvalue weighted by molar-refractivity contribution is 5.77. The third kappa shape index (κ3) is 39.2. The van der Waals surface area contributed by atoms with Crippen LogP contribution in [0, 0.1) is 0 Å². The maximum Gasteiger partial charge on any atom is 0.306 e. The van der Waals surface area contributed by atoms with Crippen molar-refractivity contribution in [3.05, 3.63) is 12.2 Å². The Hall–Kier alpha value is -1.40. The lowest BCUT2D eigenvalue weighted by Gasteiger charge is -2.24. The van der Waals surface area contributed by atoms with Crippen molar-refractivity contribution in [1.29, 1.82) is 0 Å². The fourth-order valence-corrected chi connectivity index (χ4v) is 7.61. The fourth-order valence-electron chi connectivity index (χ4n) is 7.61. The van der Waals surface area contributed by atoms with Gasteiger partial charge in [0.1, 0.15) is 6.10 Å². The number of hydrogen-bond acceptors (Lipinski definition) is 5. The molecule has 6 nitrogen and oxygen atoms in total. The van der Waals surface area contributed by atoms with Gasteiger partial charge < -0.3 is 20.3 Å². The predicted octanol–water partition coefficient (Wildman–Crippen LogP) is 14.2. The number of amides is 1. The van der Waals surface area contributed by atoms with Crippen molar-refractivity contribution in [3.63, 3.8) is 0 Å². The molecule has 6 heteroatoms. The number of aliphatic hydroxyl groups excluding tert-OH is 2. The van der Waals surface area contributed by atoms with Gasteiger partial charge in [-0.05, 0) is 44.9 Å². The molecule has 0 bridgehead atoms. The molecule has 3 unspecified atom stereocenters. The second-order valence-electron chi connectivity index (χ2n) is 16.9. The van der Waals surface area contributed by atoms with Crippen molar-refractivity contribution >= 4 is 11.9 Å². The third-order valence-electron chi connectivity index (χ3n) is 11.3. The average molecular weight is 778 g/mol. The zero-order valence-corrected chi connectivity index (χ0v) is 37.1. The molecule has 0 aromatic rings. The number of hydrogen-bond donors (Lipinski definition) is 3. The van der Waals surface area contributed by atoms with Gasteiger partial charge in [-0.15, -0.1) is 0 Å². The lowest BCUT2D eigenvalue weighted by atomic mass is 10.0. The number of carbonyl (C=O) groups is 2. The van der Waals surface area contributed by atoms with Crippen LogP contribution in [0.15, 0.2) is 12.2 Å². The molecule has 0 fully saturated rings. The molecule has 3 atom stereocenters.